The fourth-order valence-corrected chi connectivity index (χ4v) is 2.70. The molecule has 1 unspecified atom stereocenters. The monoisotopic (exact) mass is 248 g/mol. The van der Waals surface area contributed by atoms with Crippen LogP contribution >= 0.6 is 0 Å². The second-order valence-electron chi connectivity index (χ2n) is 4.89. The van der Waals surface area contributed by atoms with Gasteiger partial charge < -0.3 is 10.1 Å². The molecule has 0 saturated carbocycles. The molecule has 0 spiro atoms. The lowest BCUT2D eigenvalue weighted by Gasteiger charge is -2.25. The van der Waals surface area contributed by atoms with E-state index < -0.39 is 0 Å². The first-order valence-electron chi connectivity index (χ1n) is 6.91. The van der Waals surface area contributed by atoms with E-state index in [1.807, 2.05) is 12.1 Å². The van der Waals surface area contributed by atoms with E-state index in [-0.39, 0.29) is 0 Å². The minimum absolute atomic E-state index is 0.676. The maximum atomic E-state index is 5.43. The lowest BCUT2D eigenvalue weighted by Crippen LogP contribution is -2.37. The van der Waals surface area contributed by atoms with Crippen LogP contribution in [-0.4, -0.2) is 37.7 Å². The van der Waals surface area contributed by atoms with E-state index in [2.05, 4.69) is 29.3 Å². The number of ether oxygens (including phenoxy) is 1. The van der Waals surface area contributed by atoms with Crippen LogP contribution in [0.4, 0.5) is 0 Å². The van der Waals surface area contributed by atoms with Crippen LogP contribution in [0.3, 0.4) is 0 Å². The smallest absolute Gasteiger partial charge is 0.123 e. The molecule has 3 nitrogen and oxygen atoms in total. The summed E-state index contributed by atoms with van der Waals surface area (Å²) in [5.41, 5.74) is 1.29. The molecule has 1 aliphatic rings. The fourth-order valence-electron chi connectivity index (χ4n) is 2.70. The van der Waals surface area contributed by atoms with Gasteiger partial charge >= 0.3 is 0 Å². The fraction of sp³-hybridized carbons (Fsp3) is 0.600. The molecule has 18 heavy (non-hydrogen) atoms. The number of nitrogens with one attached hydrogen (secondary N) is 1. The van der Waals surface area contributed by atoms with Crippen molar-refractivity contribution in [3.63, 3.8) is 0 Å². The summed E-state index contributed by atoms with van der Waals surface area (Å²) < 4.78 is 5.43. The standard InChI is InChI=1S/C15H24N2O/c1-3-16-11-14-8-6-10-17(14)12-13-7-4-5-9-15(13)18-2/h4-5,7,9,14,16H,3,6,8,10-12H2,1-2H3. The summed E-state index contributed by atoms with van der Waals surface area (Å²) in [5.74, 6) is 1.01. The van der Waals surface area contributed by atoms with Crippen molar-refractivity contribution in [2.45, 2.75) is 32.4 Å². The number of para-hydroxylation sites is 1. The highest BCUT2D eigenvalue weighted by atomic mass is 16.5. The number of nitrogens with zero attached hydrogens (tertiary/aromatic N) is 1. The number of likely N-dealkylation sites (tertiary alicyclic amines) is 1. The molecule has 2 rings (SSSR count). The van der Waals surface area contributed by atoms with Gasteiger partial charge in [-0.2, -0.15) is 0 Å². The van der Waals surface area contributed by atoms with E-state index in [9.17, 15) is 0 Å². The molecule has 0 bridgehead atoms. The second-order valence-corrected chi connectivity index (χ2v) is 4.89. The second kappa shape index (κ2) is 6.76. The van der Waals surface area contributed by atoms with Crippen molar-refractivity contribution in [2.75, 3.05) is 26.7 Å². The summed E-state index contributed by atoms with van der Waals surface area (Å²) in [6.07, 6.45) is 2.62. The van der Waals surface area contributed by atoms with Gasteiger partial charge in [-0.15, -0.1) is 0 Å². The van der Waals surface area contributed by atoms with Gasteiger partial charge in [0, 0.05) is 24.7 Å². The third-order valence-corrected chi connectivity index (χ3v) is 3.69. The zero-order valence-corrected chi connectivity index (χ0v) is 11.5. The molecule has 1 N–H and O–H groups in total. The number of likely N-dealkylation sites (N-methyl/N-ethyl adjacent to an activating group) is 1. The maximum Gasteiger partial charge on any atom is 0.123 e. The molecule has 0 aromatic heterocycles. The highest BCUT2D eigenvalue weighted by Gasteiger charge is 2.24. The maximum absolute atomic E-state index is 5.43. The molecule has 1 aromatic rings. The Kier molecular flexibility index (Phi) is 5.02. The number of hydrogen-bond acceptors (Lipinski definition) is 3. The molecular formula is C15H24N2O. The summed E-state index contributed by atoms with van der Waals surface area (Å²) >= 11 is 0. The average Bonchev–Trinajstić information content (AvgIpc) is 2.84. The van der Waals surface area contributed by atoms with Crippen molar-refractivity contribution < 1.29 is 4.74 Å². The summed E-state index contributed by atoms with van der Waals surface area (Å²) in [6, 6.07) is 9.01. The molecular weight excluding hydrogens is 224 g/mol. The first-order chi connectivity index (χ1) is 8.85. The summed E-state index contributed by atoms with van der Waals surface area (Å²) in [5, 5.41) is 3.46. The summed E-state index contributed by atoms with van der Waals surface area (Å²) in [4.78, 5) is 2.57. The molecule has 1 aromatic carbocycles. The minimum Gasteiger partial charge on any atom is -0.496 e. The molecule has 3 heteroatoms. The first kappa shape index (κ1) is 13.4. The van der Waals surface area contributed by atoms with Crippen LogP contribution in [-0.2, 0) is 6.54 Å². The van der Waals surface area contributed by atoms with Crippen molar-refractivity contribution in [1.29, 1.82) is 0 Å². The molecule has 1 aliphatic heterocycles. The molecule has 1 saturated heterocycles. The van der Waals surface area contributed by atoms with E-state index in [0.29, 0.717) is 6.04 Å². The van der Waals surface area contributed by atoms with Gasteiger partial charge in [0.2, 0.25) is 0 Å². The van der Waals surface area contributed by atoms with E-state index in [4.69, 9.17) is 4.74 Å². The van der Waals surface area contributed by atoms with Gasteiger partial charge in [-0.3, -0.25) is 4.90 Å². The van der Waals surface area contributed by atoms with Gasteiger partial charge in [-0.1, -0.05) is 25.1 Å². The number of rotatable bonds is 6. The Hall–Kier alpha value is -1.06. The van der Waals surface area contributed by atoms with Crippen molar-refractivity contribution in [2.24, 2.45) is 0 Å². The first-order valence-corrected chi connectivity index (χ1v) is 6.91. The van der Waals surface area contributed by atoms with Crippen LogP contribution in [0.25, 0.3) is 0 Å². The number of benzene rings is 1. The Morgan fingerprint density at radius 3 is 3.00 bits per heavy atom. The van der Waals surface area contributed by atoms with E-state index >= 15 is 0 Å². The lowest BCUT2D eigenvalue weighted by atomic mass is 10.1. The third-order valence-electron chi connectivity index (χ3n) is 3.69. The Morgan fingerprint density at radius 1 is 1.39 bits per heavy atom. The molecule has 0 amide bonds. The predicted molar refractivity (Wildman–Crippen MR) is 75.0 cm³/mol. The predicted octanol–water partition coefficient (Wildman–Crippen LogP) is 2.27. The Balaban J connectivity index is 1.99. The Labute approximate surface area is 110 Å². The number of methoxy groups -OCH3 is 1. The lowest BCUT2D eigenvalue weighted by molar-refractivity contribution is 0.237. The van der Waals surface area contributed by atoms with Crippen LogP contribution in [0.1, 0.15) is 25.3 Å². The van der Waals surface area contributed by atoms with Gasteiger partial charge in [0.05, 0.1) is 7.11 Å². The normalized spacial score (nSPS) is 20.2. The Morgan fingerprint density at radius 2 is 2.22 bits per heavy atom. The van der Waals surface area contributed by atoms with Crippen LogP contribution < -0.4 is 10.1 Å². The summed E-state index contributed by atoms with van der Waals surface area (Å²) in [6.45, 7) is 6.53. The van der Waals surface area contributed by atoms with Crippen molar-refractivity contribution in [1.82, 2.24) is 10.2 Å². The topological polar surface area (TPSA) is 24.5 Å². The molecule has 100 valence electrons. The van der Waals surface area contributed by atoms with E-state index in [0.717, 1.165) is 25.4 Å². The highest BCUT2D eigenvalue weighted by molar-refractivity contribution is 5.33. The van der Waals surface area contributed by atoms with Gasteiger partial charge in [0.15, 0.2) is 0 Å². The minimum atomic E-state index is 0.676. The molecule has 0 radical (unpaired) electrons. The van der Waals surface area contributed by atoms with E-state index in [1.165, 1.54) is 24.9 Å². The third kappa shape index (κ3) is 3.24. The van der Waals surface area contributed by atoms with Crippen LogP contribution in [0.2, 0.25) is 0 Å². The van der Waals surface area contributed by atoms with Crippen molar-refractivity contribution >= 4 is 0 Å². The van der Waals surface area contributed by atoms with Gasteiger partial charge in [-0.05, 0) is 32.0 Å². The SMILES string of the molecule is CCNCC1CCCN1Cc1ccccc1OC. The van der Waals surface area contributed by atoms with Crippen molar-refractivity contribution in [3.05, 3.63) is 29.8 Å². The van der Waals surface area contributed by atoms with Crippen LogP contribution in [0.15, 0.2) is 24.3 Å². The van der Waals surface area contributed by atoms with Crippen LogP contribution in [0, 0.1) is 0 Å². The van der Waals surface area contributed by atoms with Crippen LogP contribution in [0.5, 0.6) is 5.75 Å². The summed E-state index contributed by atoms with van der Waals surface area (Å²) in [7, 11) is 1.75. The van der Waals surface area contributed by atoms with Gasteiger partial charge in [0.1, 0.15) is 5.75 Å². The zero-order chi connectivity index (χ0) is 12.8. The highest BCUT2D eigenvalue weighted by Crippen LogP contribution is 2.24. The average molecular weight is 248 g/mol. The van der Waals surface area contributed by atoms with Crippen molar-refractivity contribution in [3.8, 4) is 5.75 Å². The molecule has 0 aliphatic carbocycles. The number of hydrogen-bond donors (Lipinski definition) is 1. The van der Waals surface area contributed by atoms with Gasteiger partial charge in [0.25, 0.3) is 0 Å². The van der Waals surface area contributed by atoms with E-state index in [1.54, 1.807) is 7.11 Å². The molecule has 1 atom stereocenters. The Bertz CT molecular complexity index is 367. The largest absolute Gasteiger partial charge is 0.496 e. The molecule has 1 heterocycles. The quantitative estimate of drug-likeness (QED) is 0.836. The van der Waals surface area contributed by atoms with Gasteiger partial charge in [-0.25, -0.2) is 0 Å². The molecule has 1 fully saturated rings. The zero-order valence-electron chi connectivity index (χ0n) is 11.5.